The number of rotatable bonds is 3. The van der Waals surface area contributed by atoms with E-state index < -0.39 is 0 Å². The van der Waals surface area contributed by atoms with E-state index in [0.717, 1.165) is 22.7 Å². The molecule has 0 atom stereocenters. The lowest BCUT2D eigenvalue weighted by Crippen LogP contribution is -2.05. The average molecular weight is 316 g/mol. The second-order valence-electron chi connectivity index (χ2n) is 4.80. The Morgan fingerprint density at radius 1 is 1.05 bits per heavy atom. The molecule has 7 heteroatoms. The maximum atomic E-state index is 6.19. The zero-order chi connectivity index (χ0) is 15.7. The van der Waals surface area contributed by atoms with Gasteiger partial charge in [-0.15, -0.1) is 5.10 Å². The second-order valence-corrected chi connectivity index (χ2v) is 5.14. The van der Waals surface area contributed by atoms with Crippen molar-refractivity contribution in [3.63, 3.8) is 0 Å². The molecule has 0 saturated carbocycles. The van der Waals surface area contributed by atoms with Gasteiger partial charge in [0, 0.05) is 17.0 Å². The van der Waals surface area contributed by atoms with Gasteiger partial charge in [0.05, 0.1) is 7.11 Å². The zero-order valence-electron chi connectivity index (χ0n) is 12.4. The largest absolute Gasteiger partial charge is 0.497 e. The van der Waals surface area contributed by atoms with Gasteiger partial charge in [-0.1, -0.05) is 12.1 Å². The molecule has 0 unspecified atom stereocenters. The van der Waals surface area contributed by atoms with Gasteiger partial charge in [0.2, 0.25) is 5.28 Å². The molecule has 1 aromatic carbocycles. The van der Waals surface area contributed by atoms with E-state index in [4.69, 9.17) is 16.3 Å². The van der Waals surface area contributed by atoms with Crippen LogP contribution in [0.3, 0.4) is 0 Å². The molecule has 0 radical (unpaired) electrons. The van der Waals surface area contributed by atoms with Crippen LogP contribution in [0.15, 0.2) is 30.3 Å². The van der Waals surface area contributed by atoms with Crippen molar-refractivity contribution in [2.24, 2.45) is 0 Å². The fraction of sp³-hybridized carbons (Fsp3) is 0.200. The molecule has 0 spiro atoms. The highest BCUT2D eigenvalue weighted by atomic mass is 35.5. The molecule has 0 aliphatic heterocycles. The Morgan fingerprint density at radius 3 is 2.45 bits per heavy atom. The molecule has 0 aliphatic carbocycles. The fourth-order valence-corrected chi connectivity index (χ4v) is 2.30. The van der Waals surface area contributed by atoms with E-state index in [-0.39, 0.29) is 5.28 Å². The zero-order valence-corrected chi connectivity index (χ0v) is 13.2. The van der Waals surface area contributed by atoms with Gasteiger partial charge in [0.15, 0.2) is 5.82 Å². The number of hydrogen-bond acceptors (Lipinski definition) is 5. The fourth-order valence-electron chi connectivity index (χ4n) is 2.11. The van der Waals surface area contributed by atoms with E-state index in [9.17, 15) is 0 Å². The molecule has 112 valence electrons. The highest BCUT2D eigenvalue weighted by Crippen LogP contribution is 2.23. The van der Waals surface area contributed by atoms with Gasteiger partial charge in [0.1, 0.15) is 5.75 Å². The van der Waals surface area contributed by atoms with Crippen LogP contribution >= 0.6 is 11.6 Å². The number of methoxy groups -OCH3 is 1. The van der Waals surface area contributed by atoms with E-state index >= 15 is 0 Å². The van der Waals surface area contributed by atoms with Crippen molar-refractivity contribution in [3.05, 3.63) is 47.0 Å². The Kier molecular flexibility index (Phi) is 3.77. The third kappa shape index (κ3) is 2.78. The van der Waals surface area contributed by atoms with Crippen molar-refractivity contribution in [2.75, 3.05) is 7.11 Å². The van der Waals surface area contributed by atoms with Crippen LogP contribution in [0.5, 0.6) is 5.75 Å². The summed E-state index contributed by atoms with van der Waals surface area (Å²) in [6, 6.07) is 9.35. The number of aryl methyl sites for hydroxylation is 2. The minimum Gasteiger partial charge on any atom is -0.497 e. The van der Waals surface area contributed by atoms with Crippen LogP contribution in [0.1, 0.15) is 11.4 Å². The standard InChI is InChI=1S/C15H14ClN5O/c1-9-7-10(2)18-15(17-9)21-14(16)19-13(20-21)11-5-4-6-12(8-11)22-3/h4-8H,1-3H3. The van der Waals surface area contributed by atoms with Crippen LogP contribution < -0.4 is 4.74 Å². The van der Waals surface area contributed by atoms with Gasteiger partial charge in [-0.05, 0) is 43.6 Å². The molecule has 3 aromatic rings. The van der Waals surface area contributed by atoms with E-state index in [2.05, 4.69) is 20.1 Å². The van der Waals surface area contributed by atoms with Crippen LogP contribution in [-0.4, -0.2) is 31.8 Å². The third-order valence-electron chi connectivity index (χ3n) is 3.06. The molecule has 0 N–H and O–H groups in total. The number of halogens is 1. The second kappa shape index (κ2) is 5.73. The maximum absolute atomic E-state index is 6.19. The molecule has 0 aliphatic rings. The summed E-state index contributed by atoms with van der Waals surface area (Å²) in [5, 5.41) is 4.61. The molecule has 2 aromatic heterocycles. The Hall–Kier alpha value is -2.47. The highest BCUT2D eigenvalue weighted by Gasteiger charge is 2.14. The Morgan fingerprint density at radius 2 is 1.77 bits per heavy atom. The number of aromatic nitrogens is 5. The predicted octanol–water partition coefficient (Wildman–Crippen LogP) is 3.00. The van der Waals surface area contributed by atoms with E-state index in [0.29, 0.717) is 11.8 Å². The highest BCUT2D eigenvalue weighted by molar-refractivity contribution is 6.28. The maximum Gasteiger partial charge on any atom is 0.253 e. The third-order valence-corrected chi connectivity index (χ3v) is 3.30. The van der Waals surface area contributed by atoms with Gasteiger partial charge in [-0.3, -0.25) is 0 Å². The number of ether oxygens (including phenoxy) is 1. The molecule has 0 fully saturated rings. The molecule has 22 heavy (non-hydrogen) atoms. The molecular weight excluding hydrogens is 302 g/mol. The van der Waals surface area contributed by atoms with Crippen LogP contribution in [0.2, 0.25) is 5.28 Å². The molecule has 0 saturated heterocycles. The minimum atomic E-state index is 0.211. The first-order chi connectivity index (χ1) is 10.6. The first-order valence-electron chi connectivity index (χ1n) is 6.66. The lowest BCUT2D eigenvalue weighted by molar-refractivity contribution is 0.415. The number of hydrogen-bond donors (Lipinski definition) is 0. The van der Waals surface area contributed by atoms with Crippen molar-refractivity contribution < 1.29 is 4.74 Å². The smallest absolute Gasteiger partial charge is 0.253 e. The lowest BCUT2D eigenvalue weighted by atomic mass is 10.2. The van der Waals surface area contributed by atoms with Crippen LogP contribution in [0, 0.1) is 13.8 Å². The summed E-state index contributed by atoms with van der Waals surface area (Å²) < 4.78 is 6.64. The average Bonchev–Trinajstić information content (AvgIpc) is 2.88. The van der Waals surface area contributed by atoms with Gasteiger partial charge >= 0.3 is 0 Å². The minimum absolute atomic E-state index is 0.211. The predicted molar refractivity (Wildman–Crippen MR) is 83.4 cm³/mol. The van der Waals surface area contributed by atoms with Crippen molar-refractivity contribution in [1.29, 1.82) is 0 Å². The molecule has 0 amide bonds. The van der Waals surface area contributed by atoms with E-state index in [1.807, 2.05) is 44.2 Å². The summed E-state index contributed by atoms with van der Waals surface area (Å²) in [4.78, 5) is 13.0. The van der Waals surface area contributed by atoms with Crippen molar-refractivity contribution in [2.45, 2.75) is 13.8 Å². The van der Waals surface area contributed by atoms with E-state index in [1.165, 1.54) is 4.68 Å². The van der Waals surface area contributed by atoms with Crippen LogP contribution in [0.4, 0.5) is 0 Å². The van der Waals surface area contributed by atoms with E-state index in [1.54, 1.807) is 7.11 Å². The van der Waals surface area contributed by atoms with Gasteiger partial charge < -0.3 is 4.74 Å². The monoisotopic (exact) mass is 315 g/mol. The molecule has 2 heterocycles. The Bertz CT molecular complexity index is 810. The quantitative estimate of drug-likeness (QED) is 0.743. The summed E-state index contributed by atoms with van der Waals surface area (Å²) in [6.45, 7) is 3.79. The Labute approximate surface area is 132 Å². The molecular formula is C15H14ClN5O. The first-order valence-corrected chi connectivity index (χ1v) is 7.04. The summed E-state index contributed by atoms with van der Waals surface area (Å²) in [6.07, 6.45) is 0. The Balaban J connectivity index is 2.07. The summed E-state index contributed by atoms with van der Waals surface area (Å²) >= 11 is 6.19. The van der Waals surface area contributed by atoms with Gasteiger partial charge in [-0.2, -0.15) is 9.67 Å². The SMILES string of the molecule is COc1cccc(-c2nc(Cl)n(-c3nc(C)cc(C)n3)n2)c1. The van der Waals surface area contributed by atoms with Crippen molar-refractivity contribution in [1.82, 2.24) is 24.7 Å². The van der Waals surface area contributed by atoms with Crippen molar-refractivity contribution >= 4 is 11.6 Å². The molecule has 0 bridgehead atoms. The van der Waals surface area contributed by atoms with Crippen LogP contribution in [0.25, 0.3) is 17.3 Å². The van der Waals surface area contributed by atoms with Gasteiger partial charge in [0.25, 0.3) is 5.95 Å². The summed E-state index contributed by atoms with van der Waals surface area (Å²) in [5.74, 6) is 1.63. The normalized spacial score (nSPS) is 10.7. The first kappa shape index (κ1) is 14.5. The molecule has 3 rings (SSSR count). The summed E-state index contributed by atoms with van der Waals surface area (Å²) in [7, 11) is 1.61. The van der Waals surface area contributed by atoms with Crippen molar-refractivity contribution in [3.8, 4) is 23.1 Å². The molecule has 6 nitrogen and oxygen atoms in total. The lowest BCUT2D eigenvalue weighted by Gasteiger charge is -2.03. The number of benzene rings is 1. The van der Waals surface area contributed by atoms with Gasteiger partial charge in [-0.25, -0.2) is 9.97 Å². The topological polar surface area (TPSA) is 65.7 Å². The summed E-state index contributed by atoms with van der Waals surface area (Å²) in [5.41, 5.74) is 2.50. The van der Waals surface area contributed by atoms with Crippen LogP contribution in [-0.2, 0) is 0 Å². The number of nitrogens with zero attached hydrogens (tertiary/aromatic N) is 5.